The smallest absolute Gasteiger partial charge is 0.409 e. The second-order valence-corrected chi connectivity index (χ2v) is 5.21. The molecule has 20 heavy (non-hydrogen) atoms. The summed E-state index contributed by atoms with van der Waals surface area (Å²) < 4.78 is 10.3. The fraction of sp³-hybridized carbons (Fsp3) is 0.533. The van der Waals surface area contributed by atoms with Crippen molar-refractivity contribution in [3.05, 3.63) is 29.8 Å². The molecule has 1 amide bonds. The average Bonchev–Trinajstić information content (AvgIpc) is 2.44. The molecule has 1 aromatic carbocycles. The van der Waals surface area contributed by atoms with Crippen molar-refractivity contribution in [1.29, 1.82) is 0 Å². The number of methoxy groups -OCH3 is 1. The first-order chi connectivity index (χ1) is 9.59. The number of carbonyl (C=O) groups is 1. The lowest BCUT2D eigenvalue weighted by Gasteiger charge is -2.47. The van der Waals surface area contributed by atoms with Gasteiger partial charge in [0.1, 0.15) is 5.75 Å². The summed E-state index contributed by atoms with van der Waals surface area (Å²) in [5.41, 5.74) is 6.84. The molecule has 0 radical (unpaired) electrons. The topological polar surface area (TPSA) is 64.8 Å². The Morgan fingerprint density at radius 3 is 2.55 bits per heavy atom. The Morgan fingerprint density at radius 1 is 1.35 bits per heavy atom. The van der Waals surface area contributed by atoms with Crippen LogP contribution in [0.3, 0.4) is 0 Å². The summed E-state index contributed by atoms with van der Waals surface area (Å²) in [6.45, 7) is 3.52. The van der Waals surface area contributed by atoms with Crippen LogP contribution in [-0.2, 0) is 10.3 Å². The fourth-order valence-corrected chi connectivity index (χ4v) is 2.26. The summed E-state index contributed by atoms with van der Waals surface area (Å²) in [6, 6.07) is 7.65. The summed E-state index contributed by atoms with van der Waals surface area (Å²) in [6.07, 6.45) is 1.64. The summed E-state index contributed by atoms with van der Waals surface area (Å²) in [4.78, 5) is 13.4. The number of carbonyl (C=O) groups excluding carboxylic acids is 1. The standard InChI is InChI=1S/C15H22N2O3/c1-3-4-9-20-14(18)17-10-15(16,11-17)12-5-7-13(19-2)8-6-12/h5-8H,3-4,9-11,16H2,1-2H3. The molecule has 1 saturated heterocycles. The third-order valence-corrected chi connectivity index (χ3v) is 3.59. The molecule has 0 spiro atoms. The van der Waals surface area contributed by atoms with Gasteiger partial charge in [0, 0.05) is 13.1 Å². The molecule has 0 atom stereocenters. The lowest BCUT2D eigenvalue weighted by atomic mass is 9.84. The SMILES string of the molecule is CCCCOC(=O)N1CC(N)(c2ccc(OC)cc2)C1. The number of likely N-dealkylation sites (tertiary alicyclic amines) is 1. The van der Waals surface area contributed by atoms with E-state index in [0.717, 1.165) is 24.2 Å². The van der Waals surface area contributed by atoms with Crippen molar-refractivity contribution < 1.29 is 14.3 Å². The highest BCUT2D eigenvalue weighted by atomic mass is 16.6. The number of hydrogen-bond acceptors (Lipinski definition) is 4. The summed E-state index contributed by atoms with van der Waals surface area (Å²) in [5.74, 6) is 0.799. The minimum Gasteiger partial charge on any atom is -0.497 e. The van der Waals surface area contributed by atoms with Crippen molar-refractivity contribution in [1.82, 2.24) is 4.90 Å². The number of nitrogens with zero attached hydrogens (tertiary/aromatic N) is 1. The Morgan fingerprint density at radius 2 is 2.00 bits per heavy atom. The predicted octanol–water partition coefficient (Wildman–Crippen LogP) is 2.10. The summed E-state index contributed by atoms with van der Waals surface area (Å²) >= 11 is 0. The van der Waals surface area contributed by atoms with Crippen LogP contribution in [0.1, 0.15) is 25.3 Å². The van der Waals surface area contributed by atoms with Gasteiger partial charge in [-0.05, 0) is 24.1 Å². The van der Waals surface area contributed by atoms with E-state index < -0.39 is 5.54 Å². The van der Waals surface area contributed by atoms with Crippen LogP contribution in [0.2, 0.25) is 0 Å². The number of rotatable bonds is 5. The minimum atomic E-state index is -0.476. The van der Waals surface area contributed by atoms with Crippen molar-refractivity contribution >= 4 is 6.09 Å². The minimum absolute atomic E-state index is 0.270. The van der Waals surface area contributed by atoms with Crippen molar-refractivity contribution in [3.8, 4) is 5.75 Å². The van der Waals surface area contributed by atoms with E-state index in [0.29, 0.717) is 19.7 Å². The maximum Gasteiger partial charge on any atom is 0.409 e. The third-order valence-electron chi connectivity index (χ3n) is 3.59. The molecule has 0 bridgehead atoms. The molecule has 110 valence electrons. The van der Waals surface area contributed by atoms with Crippen LogP contribution >= 0.6 is 0 Å². The third kappa shape index (κ3) is 3.04. The average molecular weight is 278 g/mol. The Bertz CT molecular complexity index is 453. The zero-order valence-corrected chi connectivity index (χ0v) is 12.1. The molecule has 1 heterocycles. The van der Waals surface area contributed by atoms with Crippen LogP contribution in [0, 0.1) is 0 Å². The van der Waals surface area contributed by atoms with Gasteiger partial charge in [0.25, 0.3) is 0 Å². The fourth-order valence-electron chi connectivity index (χ4n) is 2.26. The maximum absolute atomic E-state index is 11.7. The maximum atomic E-state index is 11.7. The van der Waals surface area contributed by atoms with E-state index in [1.807, 2.05) is 24.3 Å². The van der Waals surface area contributed by atoms with E-state index in [1.54, 1.807) is 12.0 Å². The Hall–Kier alpha value is -1.75. The van der Waals surface area contributed by atoms with E-state index in [2.05, 4.69) is 6.92 Å². The summed E-state index contributed by atoms with van der Waals surface area (Å²) in [7, 11) is 1.63. The first-order valence-electron chi connectivity index (χ1n) is 6.94. The van der Waals surface area contributed by atoms with Gasteiger partial charge in [-0.2, -0.15) is 0 Å². The molecule has 5 heteroatoms. The molecule has 0 aromatic heterocycles. The lowest BCUT2D eigenvalue weighted by Crippen LogP contribution is -2.66. The van der Waals surface area contributed by atoms with E-state index >= 15 is 0 Å². The normalized spacial score (nSPS) is 16.4. The second-order valence-electron chi connectivity index (χ2n) is 5.21. The molecular weight excluding hydrogens is 256 g/mol. The molecule has 1 aromatic rings. The first-order valence-corrected chi connectivity index (χ1v) is 6.94. The van der Waals surface area contributed by atoms with E-state index in [1.165, 1.54) is 0 Å². The Balaban J connectivity index is 1.87. The molecule has 0 aliphatic carbocycles. The van der Waals surface area contributed by atoms with Gasteiger partial charge in [-0.25, -0.2) is 4.79 Å². The van der Waals surface area contributed by atoms with E-state index in [9.17, 15) is 4.79 Å². The van der Waals surface area contributed by atoms with E-state index in [4.69, 9.17) is 15.2 Å². The zero-order valence-electron chi connectivity index (χ0n) is 12.1. The van der Waals surface area contributed by atoms with Crippen LogP contribution in [-0.4, -0.2) is 37.8 Å². The molecular formula is C15H22N2O3. The van der Waals surface area contributed by atoms with E-state index in [-0.39, 0.29) is 6.09 Å². The highest BCUT2D eigenvalue weighted by Gasteiger charge is 2.44. The molecule has 0 saturated carbocycles. The van der Waals surface area contributed by atoms with Crippen LogP contribution in [0.25, 0.3) is 0 Å². The van der Waals surface area contributed by atoms with Gasteiger partial charge in [-0.15, -0.1) is 0 Å². The van der Waals surface area contributed by atoms with Crippen LogP contribution in [0.15, 0.2) is 24.3 Å². The number of unbranched alkanes of at least 4 members (excludes halogenated alkanes) is 1. The largest absolute Gasteiger partial charge is 0.497 e. The number of ether oxygens (including phenoxy) is 2. The van der Waals surface area contributed by atoms with Crippen LogP contribution in [0.5, 0.6) is 5.75 Å². The number of nitrogens with two attached hydrogens (primary N) is 1. The Labute approximate surface area is 119 Å². The van der Waals surface area contributed by atoms with Gasteiger partial charge in [-0.3, -0.25) is 0 Å². The van der Waals surface area contributed by atoms with Crippen LogP contribution < -0.4 is 10.5 Å². The molecule has 1 aliphatic heterocycles. The van der Waals surface area contributed by atoms with Crippen LogP contribution in [0.4, 0.5) is 4.79 Å². The lowest BCUT2D eigenvalue weighted by molar-refractivity contribution is 0.0385. The van der Waals surface area contributed by atoms with Gasteiger partial charge in [-0.1, -0.05) is 25.5 Å². The first kappa shape index (κ1) is 14.7. The molecule has 0 unspecified atom stereocenters. The second kappa shape index (κ2) is 6.13. The molecule has 2 N–H and O–H groups in total. The van der Waals surface area contributed by atoms with Gasteiger partial charge in [0.15, 0.2) is 0 Å². The van der Waals surface area contributed by atoms with Gasteiger partial charge >= 0.3 is 6.09 Å². The molecule has 1 aliphatic rings. The molecule has 1 fully saturated rings. The summed E-state index contributed by atoms with van der Waals surface area (Å²) in [5, 5.41) is 0. The highest BCUT2D eigenvalue weighted by molar-refractivity contribution is 5.69. The zero-order chi connectivity index (χ0) is 14.6. The number of amides is 1. The quantitative estimate of drug-likeness (QED) is 0.838. The van der Waals surface area contributed by atoms with Gasteiger partial charge < -0.3 is 20.1 Å². The van der Waals surface area contributed by atoms with Crippen molar-refractivity contribution in [3.63, 3.8) is 0 Å². The highest BCUT2D eigenvalue weighted by Crippen LogP contribution is 2.30. The molecule has 5 nitrogen and oxygen atoms in total. The van der Waals surface area contributed by atoms with Crippen molar-refractivity contribution in [2.24, 2.45) is 5.73 Å². The number of benzene rings is 1. The number of hydrogen-bond donors (Lipinski definition) is 1. The van der Waals surface area contributed by atoms with Gasteiger partial charge in [0.05, 0.1) is 19.3 Å². The van der Waals surface area contributed by atoms with Gasteiger partial charge in [0.2, 0.25) is 0 Å². The van der Waals surface area contributed by atoms with Crippen molar-refractivity contribution in [2.45, 2.75) is 25.3 Å². The molecule has 2 rings (SSSR count). The predicted molar refractivity (Wildman–Crippen MR) is 76.7 cm³/mol. The van der Waals surface area contributed by atoms with Crippen molar-refractivity contribution in [2.75, 3.05) is 26.8 Å². The monoisotopic (exact) mass is 278 g/mol. The Kier molecular flexibility index (Phi) is 4.49.